The zero-order valence-corrected chi connectivity index (χ0v) is 22.4. The Morgan fingerprint density at radius 3 is 2.28 bits per heavy atom. The van der Waals surface area contributed by atoms with E-state index >= 15 is 0 Å². The second-order valence-electron chi connectivity index (χ2n) is 10.4. The Labute approximate surface area is 229 Å². The number of piperidine rings is 1. The van der Waals surface area contributed by atoms with E-state index in [1.165, 1.54) is 11.1 Å². The Morgan fingerprint density at radius 2 is 1.54 bits per heavy atom. The van der Waals surface area contributed by atoms with Gasteiger partial charge in [0.25, 0.3) is 0 Å². The minimum absolute atomic E-state index is 0.0603. The van der Waals surface area contributed by atoms with E-state index in [9.17, 15) is 4.79 Å². The second-order valence-corrected chi connectivity index (χ2v) is 10.4. The maximum atomic E-state index is 13.2. The molecule has 1 aliphatic heterocycles. The lowest BCUT2D eigenvalue weighted by Crippen LogP contribution is -2.42. The summed E-state index contributed by atoms with van der Waals surface area (Å²) in [6.45, 7) is 1.39. The van der Waals surface area contributed by atoms with Gasteiger partial charge in [0, 0.05) is 56.2 Å². The molecule has 0 bridgehead atoms. The van der Waals surface area contributed by atoms with Crippen LogP contribution in [0.5, 0.6) is 0 Å². The van der Waals surface area contributed by atoms with Crippen molar-refractivity contribution in [3.63, 3.8) is 0 Å². The fourth-order valence-electron chi connectivity index (χ4n) is 5.43. The van der Waals surface area contributed by atoms with Gasteiger partial charge in [-0.15, -0.1) is 0 Å². The molecule has 6 heteroatoms. The summed E-state index contributed by atoms with van der Waals surface area (Å²) >= 11 is 0. The molecule has 0 saturated carbocycles. The van der Waals surface area contributed by atoms with Crippen LogP contribution in [0.25, 0.3) is 27.9 Å². The predicted octanol–water partition coefficient (Wildman–Crippen LogP) is 7.15. The van der Waals surface area contributed by atoms with E-state index in [2.05, 4.69) is 76.6 Å². The number of likely N-dealkylation sites (tertiary alicyclic amines) is 1. The second kappa shape index (κ2) is 10.7. The number of benzene rings is 3. The molecule has 1 atom stereocenters. The topological polar surface area (TPSA) is 52.9 Å². The smallest absolute Gasteiger partial charge is 0.321 e. The fraction of sp³-hybridized carbons (Fsp3) is 0.212. The number of hydrogen-bond acceptors (Lipinski definition) is 3. The number of fused-ring (bicyclic) bond motifs is 1. The van der Waals surface area contributed by atoms with Gasteiger partial charge in [-0.3, -0.25) is 0 Å². The van der Waals surface area contributed by atoms with Gasteiger partial charge in [-0.2, -0.15) is 0 Å². The van der Waals surface area contributed by atoms with Crippen molar-refractivity contribution in [3.8, 4) is 22.4 Å². The van der Waals surface area contributed by atoms with Crippen molar-refractivity contribution in [2.24, 2.45) is 0 Å². The number of carbonyl (C=O) groups excluding carboxylic acids is 1. The van der Waals surface area contributed by atoms with E-state index in [0.29, 0.717) is 6.54 Å². The van der Waals surface area contributed by atoms with Crippen molar-refractivity contribution in [1.82, 2.24) is 14.3 Å². The van der Waals surface area contributed by atoms with Crippen LogP contribution in [0.4, 0.5) is 16.2 Å². The van der Waals surface area contributed by atoms with Crippen LogP contribution >= 0.6 is 0 Å². The molecule has 0 radical (unpaired) electrons. The number of anilines is 2. The lowest BCUT2D eigenvalue weighted by molar-refractivity contribution is 0.191. The minimum atomic E-state index is -0.0603. The molecule has 3 heterocycles. The van der Waals surface area contributed by atoms with Gasteiger partial charge in [-0.25, -0.2) is 9.78 Å². The SMILES string of the molecule is CN(C)c1ccc(NC(=O)N2CCC[C@@H](c3nc(-c4ccc(-c5ccccc5)cc4)c4ccccn34)C2)cc1. The summed E-state index contributed by atoms with van der Waals surface area (Å²) in [5.74, 6) is 1.17. The molecule has 196 valence electrons. The highest BCUT2D eigenvalue weighted by Crippen LogP contribution is 2.33. The Kier molecular flexibility index (Phi) is 6.76. The maximum absolute atomic E-state index is 13.2. The van der Waals surface area contributed by atoms with Gasteiger partial charge in [0.15, 0.2) is 0 Å². The minimum Gasteiger partial charge on any atom is -0.378 e. The molecule has 6 nitrogen and oxygen atoms in total. The third-order valence-electron chi connectivity index (χ3n) is 7.55. The molecule has 1 N–H and O–H groups in total. The van der Waals surface area contributed by atoms with Gasteiger partial charge in [0.05, 0.1) is 11.2 Å². The number of urea groups is 1. The summed E-state index contributed by atoms with van der Waals surface area (Å²) in [6, 6.07) is 33.2. The molecule has 0 aliphatic carbocycles. The molecule has 3 aromatic carbocycles. The first-order valence-corrected chi connectivity index (χ1v) is 13.5. The van der Waals surface area contributed by atoms with E-state index in [4.69, 9.17) is 4.98 Å². The molecule has 39 heavy (non-hydrogen) atoms. The van der Waals surface area contributed by atoms with Gasteiger partial charge >= 0.3 is 6.03 Å². The van der Waals surface area contributed by atoms with E-state index in [0.717, 1.165) is 53.4 Å². The van der Waals surface area contributed by atoms with Gasteiger partial charge in [-0.05, 0) is 60.4 Å². The first kappa shape index (κ1) is 24.7. The molecule has 5 aromatic rings. The number of aromatic nitrogens is 2. The average molecular weight is 516 g/mol. The number of rotatable bonds is 5. The largest absolute Gasteiger partial charge is 0.378 e. The predicted molar refractivity (Wildman–Crippen MR) is 159 cm³/mol. The Balaban J connectivity index is 1.24. The molecule has 1 aliphatic rings. The van der Waals surface area contributed by atoms with E-state index < -0.39 is 0 Å². The first-order chi connectivity index (χ1) is 19.1. The molecule has 0 spiro atoms. The summed E-state index contributed by atoms with van der Waals surface area (Å²) in [7, 11) is 4.01. The third kappa shape index (κ3) is 5.10. The number of carbonyl (C=O) groups is 1. The van der Waals surface area contributed by atoms with Crippen LogP contribution in [0.2, 0.25) is 0 Å². The highest BCUT2D eigenvalue weighted by Gasteiger charge is 2.28. The first-order valence-electron chi connectivity index (χ1n) is 13.5. The van der Waals surface area contributed by atoms with Crippen LogP contribution in [0, 0.1) is 0 Å². The summed E-state index contributed by atoms with van der Waals surface area (Å²) in [4.78, 5) is 22.3. The molecule has 0 unspecified atom stereocenters. The number of nitrogens with one attached hydrogen (secondary N) is 1. The number of nitrogens with zero attached hydrogens (tertiary/aromatic N) is 4. The molecule has 1 saturated heterocycles. The summed E-state index contributed by atoms with van der Waals surface area (Å²) in [5.41, 5.74) is 7.46. The van der Waals surface area contributed by atoms with Gasteiger partial charge in [0.2, 0.25) is 0 Å². The average Bonchev–Trinajstić information content (AvgIpc) is 3.38. The molecule has 6 rings (SSSR count). The Bertz CT molecular complexity index is 1570. The third-order valence-corrected chi connectivity index (χ3v) is 7.55. The van der Waals surface area contributed by atoms with Crippen molar-refractivity contribution in [3.05, 3.63) is 109 Å². The van der Waals surface area contributed by atoms with E-state index in [1.807, 2.05) is 60.3 Å². The molecular weight excluding hydrogens is 482 g/mol. The lowest BCUT2D eigenvalue weighted by Gasteiger charge is -2.32. The van der Waals surface area contributed by atoms with Crippen LogP contribution in [-0.4, -0.2) is 47.5 Å². The maximum Gasteiger partial charge on any atom is 0.321 e. The van der Waals surface area contributed by atoms with E-state index in [-0.39, 0.29) is 11.9 Å². The number of imidazole rings is 1. The van der Waals surface area contributed by atoms with Crippen LogP contribution in [0.1, 0.15) is 24.6 Å². The Hall–Kier alpha value is -4.58. The zero-order valence-electron chi connectivity index (χ0n) is 22.4. The lowest BCUT2D eigenvalue weighted by atomic mass is 9.97. The monoisotopic (exact) mass is 515 g/mol. The van der Waals surface area contributed by atoms with Gasteiger partial charge in [-0.1, -0.05) is 60.7 Å². The number of pyridine rings is 1. The molecule has 2 aromatic heterocycles. The van der Waals surface area contributed by atoms with Gasteiger partial charge < -0.3 is 19.5 Å². The van der Waals surface area contributed by atoms with Crippen molar-refractivity contribution in [2.45, 2.75) is 18.8 Å². The highest BCUT2D eigenvalue weighted by atomic mass is 16.2. The number of hydrogen-bond donors (Lipinski definition) is 1. The van der Waals surface area contributed by atoms with E-state index in [1.54, 1.807) is 0 Å². The van der Waals surface area contributed by atoms with Crippen molar-refractivity contribution in [1.29, 1.82) is 0 Å². The fourth-order valence-corrected chi connectivity index (χ4v) is 5.43. The van der Waals surface area contributed by atoms with Crippen LogP contribution in [0.15, 0.2) is 103 Å². The normalized spacial score (nSPS) is 15.3. The van der Waals surface area contributed by atoms with Crippen molar-refractivity contribution >= 4 is 22.9 Å². The number of amides is 2. The van der Waals surface area contributed by atoms with Crippen LogP contribution in [-0.2, 0) is 0 Å². The van der Waals surface area contributed by atoms with Crippen LogP contribution in [0.3, 0.4) is 0 Å². The zero-order chi connectivity index (χ0) is 26.8. The highest BCUT2D eigenvalue weighted by molar-refractivity contribution is 5.89. The molecule has 2 amide bonds. The van der Waals surface area contributed by atoms with Crippen molar-refractivity contribution in [2.75, 3.05) is 37.4 Å². The van der Waals surface area contributed by atoms with Crippen molar-refractivity contribution < 1.29 is 4.79 Å². The van der Waals surface area contributed by atoms with Gasteiger partial charge in [0.1, 0.15) is 5.82 Å². The standard InChI is InChI=1S/C33H33N5O/c1-36(2)29-19-17-28(18-20-29)34-33(39)37-21-8-11-27(23-37)32-35-31(30-12-6-7-22-38(30)32)26-15-13-25(14-16-26)24-9-4-3-5-10-24/h3-7,9-10,12-20,22,27H,8,11,21,23H2,1-2H3,(H,34,39)/t27-/m1/s1. The molecular formula is C33H33N5O. The molecule has 1 fully saturated rings. The summed E-state index contributed by atoms with van der Waals surface area (Å²) in [5, 5.41) is 3.08. The summed E-state index contributed by atoms with van der Waals surface area (Å²) < 4.78 is 2.20. The quantitative estimate of drug-likeness (QED) is 0.271. The van der Waals surface area contributed by atoms with Crippen LogP contribution < -0.4 is 10.2 Å². The Morgan fingerprint density at radius 1 is 0.846 bits per heavy atom. The summed E-state index contributed by atoms with van der Waals surface area (Å²) in [6.07, 6.45) is 4.03.